The van der Waals surface area contributed by atoms with E-state index in [9.17, 15) is 10.2 Å². The van der Waals surface area contributed by atoms with Crippen LogP contribution >= 0.6 is 12.6 Å². The van der Waals surface area contributed by atoms with E-state index < -0.39 is 0 Å². The highest BCUT2D eigenvalue weighted by atomic mass is 32.1. The molecule has 10 heteroatoms. The van der Waals surface area contributed by atoms with Crippen molar-refractivity contribution in [2.75, 3.05) is 51.8 Å². The molecule has 9 nitrogen and oxygen atoms in total. The molecule has 0 radical (unpaired) electrons. The standard InChI is InChI=1S/C24H32N6O3S/c1-16(2)19-14-20(22(32)15-21(19)31)23-25-26-24(34)30(23)27-17-4-6-18(7-5-17)33-13-12-29-10-8-28(3)9-11-29/h4-7,14-16,27,31-32H,8-13H2,1-3H3,(H,26,34). The summed E-state index contributed by atoms with van der Waals surface area (Å²) < 4.78 is 7.50. The van der Waals surface area contributed by atoms with E-state index in [1.165, 1.54) is 6.07 Å². The van der Waals surface area contributed by atoms with Gasteiger partial charge in [-0.05, 0) is 48.9 Å². The topological polar surface area (TPSA) is 98.9 Å². The number of hydrogen-bond donors (Lipinski definition) is 4. The van der Waals surface area contributed by atoms with E-state index in [1.54, 1.807) is 10.7 Å². The van der Waals surface area contributed by atoms with Gasteiger partial charge in [-0.15, -0.1) is 22.8 Å². The van der Waals surface area contributed by atoms with Crippen molar-refractivity contribution in [1.82, 2.24) is 24.7 Å². The summed E-state index contributed by atoms with van der Waals surface area (Å²) in [6.45, 7) is 9.84. The van der Waals surface area contributed by atoms with Gasteiger partial charge in [-0.3, -0.25) is 10.3 Å². The lowest BCUT2D eigenvalue weighted by Crippen LogP contribution is -2.45. The molecule has 1 aromatic heterocycles. The van der Waals surface area contributed by atoms with Gasteiger partial charge in [0.15, 0.2) is 5.82 Å². The second-order valence-corrected chi connectivity index (χ2v) is 9.27. The minimum Gasteiger partial charge on any atom is -0.508 e. The molecule has 1 saturated heterocycles. The molecular weight excluding hydrogens is 452 g/mol. The smallest absolute Gasteiger partial charge is 0.207 e. The van der Waals surface area contributed by atoms with E-state index in [-0.39, 0.29) is 17.4 Å². The Labute approximate surface area is 205 Å². The van der Waals surface area contributed by atoms with E-state index in [0.29, 0.717) is 28.7 Å². The zero-order chi connectivity index (χ0) is 24.2. The Morgan fingerprint density at radius 1 is 1.03 bits per heavy atom. The third-order valence-corrected chi connectivity index (χ3v) is 6.31. The van der Waals surface area contributed by atoms with Gasteiger partial charge < -0.3 is 19.8 Å². The zero-order valence-electron chi connectivity index (χ0n) is 19.8. The van der Waals surface area contributed by atoms with Crippen LogP contribution in [0.2, 0.25) is 0 Å². The third-order valence-electron chi connectivity index (χ3n) is 6.02. The first-order chi connectivity index (χ1) is 16.3. The van der Waals surface area contributed by atoms with Gasteiger partial charge in [0.05, 0.1) is 11.3 Å². The van der Waals surface area contributed by atoms with Crippen molar-refractivity contribution >= 4 is 18.3 Å². The highest BCUT2D eigenvalue weighted by Gasteiger charge is 2.19. The Bertz CT molecular complexity index is 1110. The molecule has 0 saturated carbocycles. The van der Waals surface area contributed by atoms with Crippen molar-refractivity contribution in [2.45, 2.75) is 24.9 Å². The van der Waals surface area contributed by atoms with Gasteiger partial charge in [-0.2, -0.15) is 0 Å². The van der Waals surface area contributed by atoms with E-state index in [4.69, 9.17) is 4.74 Å². The number of aromatic hydroxyl groups is 2. The molecule has 2 heterocycles. The lowest BCUT2D eigenvalue weighted by atomic mass is 9.98. The van der Waals surface area contributed by atoms with Crippen molar-refractivity contribution in [3.05, 3.63) is 42.0 Å². The summed E-state index contributed by atoms with van der Waals surface area (Å²) in [6, 6.07) is 10.7. The van der Waals surface area contributed by atoms with Gasteiger partial charge in [0.25, 0.3) is 0 Å². The average molecular weight is 485 g/mol. The van der Waals surface area contributed by atoms with Gasteiger partial charge in [-0.25, -0.2) is 4.68 Å². The maximum absolute atomic E-state index is 10.5. The van der Waals surface area contributed by atoms with Gasteiger partial charge in [0.2, 0.25) is 5.16 Å². The number of hydrogen-bond acceptors (Lipinski definition) is 9. The van der Waals surface area contributed by atoms with Gasteiger partial charge in [0, 0.05) is 38.8 Å². The fourth-order valence-electron chi connectivity index (χ4n) is 3.91. The van der Waals surface area contributed by atoms with Crippen LogP contribution in [0.5, 0.6) is 17.2 Å². The maximum atomic E-state index is 10.5. The number of phenolic OH excluding ortho intramolecular Hbond substituents is 2. The molecule has 4 rings (SSSR count). The summed E-state index contributed by atoms with van der Waals surface area (Å²) in [5, 5.41) is 29.2. The minimum atomic E-state index is -0.0882. The second kappa shape index (κ2) is 10.5. The SMILES string of the molecule is CC(C)c1cc(-c2nnc(S)n2Nc2ccc(OCCN3CCN(C)CC3)cc2)c(O)cc1O. The summed E-state index contributed by atoms with van der Waals surface area (Å²) in [4.78, 5) is 4.76. The first kappa shape index (κ1) is 24.2. The van der Waals surface area contributed by atoms with Crippen LogP contribution in [-0.4, -0.2) is 81.3 Å². The predicted molar refractivity (Wildman–Crippen MR) is 135 cm³/mol. The number of nitrogens with zero attached hydrogens (tertiary/aromatic N) is 5. The van der Waals surface area contributed by atoms with Crippen LogP contribution in [-0.2, 0) is 0 Å². The van der Waals surface area contributed by atoms with Crippen molar-refractivity contribution < 1.29 is 14.9 Å². The van der Waals surface area contributed by atoms with Crippen LogP contribution in [0.3, 0.4) is 0 Å². The molecule has 3 N–H and O–H groups in total. The number of benzene rings is 2. The van der Waals surface area contributed by atoms with Crippen LogP contribution in [0.25, 0.3) is 11.4 Å². The Morgan fingerprint density at radius 3 is 2.41 bits per heavy atom. The molecule has 0 atom stereocenters. The lowest BCUT2D eigenvalue weighted by Gasteiger charge is -2.32. The molecule has 1 aliphatic heterocycles. The summed E-state index contributed by atoms with van der Waals surface area (Å²) in [7, 11) is 2.15. The molecule has 0 amide bonds. The highest BCUT2D eigenvalue weighted by Crippen LogP contribution is 2.37. The fraction of sp³-hybridized carbons (Fsp3) is 0.417. The maximum Gasteiger partial charge on any atom is 0.207 e. The van der Waals surface area contributed by atoms with E-state index >= 15 is 0 Å². The van der Waals surface area contributed by atoms with Crippen LogP contribution in [0.1, 0.15) is 25.3 Å². The quantitative estimate of drug-likeness (QED) is 0.362. The third kappa shape index (κ3) is 5.57. The molecule has 3 aromatic rings. The fourth-order valence-corrected chi connectivity index (χ4v) is 4.10. The number of likely N-dealkylation sites (N-methyl/N-ethyl adjacent to an activating group) is 1. The molecule has 182 valence electrons. The molecule has 2 aromatic carbocycles. The summed E-state index contributed by atoms with van der Waals surface area (Å²) in [5.74, 6) is 1.21. The lowest BCUT2D eigenvalue weighted by molar-refractivity contribution is 0.134. The molecule has 34 heavy (non-hydrogen) atoms. The summed E-state index contributed by atoms with van der Waals surface area (Å²) in [6.07, 6.45) is 0. The number of ether oxygens (including phenoxy) is 1. The number of rotatable bonds is 8. The van der Waals surface area contributed by atoms with Gasteiger partial charge in [-0.1, -0.05) is 13.8 Å². The minimum absolute atomic E-state index is 0.0459. The van der Waals surface area contributed by atoms with Gasteiger partial charge in [0.1, 0.15) is 23.9 Å². The van der Waals surface area contributed by atoms with Crippen LogP contribution in [0.15, 0.2) is 41.6 Å². The van der Waals surface area contributed by atoms with Crippen LogP contribution in [0.4, 0.5) is 5.69 Å². The van der Waals surface area contributed by atoms with E-state index in [2.05, 4.69) is 45.1 Å². The average Bonchev–Trinajstić information content (AvgIpc) is 3.16. The van der Waals surface area contributed by atoms with Crippen molar-refractivity contribution in [3.8, 4) is 28.6 Å². The molecule has 0 spiro atoms. The number of phenols is 2. The molecule has 0 unspecified atom stereocenters. The number of aromatic nitrogens is 3. The monoisotopic (exact) mass is 484 g/mol. The van der Waals surface area contributed by atoms with Crippen molar-refractivity contribution in [2.24, 2.45) is 0 Å². The number of thiol groups is 1. The first-order valence-electron chi connectivity index (χ1n) is 11.4. The number of anilines is 1. The largest absolute Gasteiger partial charge is 0.508 e. The predicted octanol–water partition coefficient (Wildman–Crippen LogP) is 3.27. The van der Waals surface area contributed by atoms with Crippen molar-refractivity contribution in [1.29, 1.82) is 0 Å². The normalized spacial score (nSPS) is 15.1. The number of nitrogens with one attached hydrogen (secondary N) is 1. The molecular formula is C24H32N6O3S. The Morgan fingerprint density at radius 2 is 1.74 bits per heavy atom. The summed E-state index contributed by atoms with van der Waals surface area (Å²) >= 11 is 4.41. The molecule has 1 aliphatic rings. The second-order valence-electron chi connectivity index (χ2n) is 8.87. The van der Waals surface area contributed by atoms with E-state index in [0.717, 1.165) is 44.2 Å². The Kier molecular flexibility index (Phi) is 7.50. The molecule has 0 aliphatic carbocycles. The van der Waals surface area contributed by atoms with Crippen molar-refractivity contribution in [3.63, 3.8) is 0 Å². The van der Waals surface area contributed by atoms with Gasteiger partial charge >= 0.3 is 0 Å². The highest BCUT2D eigenvalue weighted by molar-refractivity contribution is 7.80. The van der Waals surface area contributed by atoms with Crippen LogP contribution < -0.4 is 10.2 Å². The Balaban J connectivity index is 1.43. The molecule has 1 fully saturated rings. The van der Waals surface area contributed by atoms with E-state index in [1.807, 2.05) is 38.1 Å². The zero-order valence-corrected chi connectivity index (χ0v) is 20.7. The van der Waals surface area contributed by atoms with Crippen LogP contribution in [0, 0.1) is 0 Å². The first-order valence-corrected chi connectivity index (χ1v) is 11.9. The molecule has 0 bridgehead atoms. The number of piperazine rings is 1. The summed E-state index contributed by atoms with van der Waals surface area (Å²) in [5.41, 5.74) is 5.16. The Hall–Kier alpha value is -2.95.